The van der Waals surface area contributed by atoms with Crippen molar-refractivity contribution in [3.05, 3.63) is 72.9 Å². The molecule has 374 valence electrons. The van der Waals surface area contributed by atoms with E-state index in [0.29, 0.717) is 19.3 Å². The van der Waals surface area contributed by atoms with Crippen LogP contribution in [0.1, 0.15) is 265 Å². The van der Waals surface area contributed by atoms with Gasteiger partial charge in [0.2, 0.25) is 0 Å². The molecule has 0 spiro atoms. The molecule has 0 saturated carbocycles. The van der Waals surface area contributed by atoms with E-state index in [1.807, 2.05) is 0 Å². The smallest absolute Gasteiger partial charge is 0.306 e. The van der Waals surface area contributed by atoms with Crippen molar-refractivity contribution in [2.75, 3.05) is 13.2 Å². The van der Waals surface area contributed by atoms with Crippen molar-refractivity contribution in [3.8, 4) is 0 Å². The van der Waals surface area contributed by atoms with Crippen molar-refractivity contribution in [2.45, 2.75) is 271 Å². The highest BCUT2D eigenvalue weighted by atomic mass is 16.6. The summed E-state index contributed by atoms with van der Waals surface area (Å²) in [6.45, 7) is 6.55. The molecule has 0 rings (SSSR count). The van der Waals surface area contributed by atoms with Crippen molar-refractivity contribution < 1.29 is 28.6 Å². The molecule has 0 fully saturated rings. The normalized spacial score (nSPS) is 12.6. The summed E-state index contributed by atoms with van der Waals surface area (Å²) in [7, 11) is 0. The Kier molecular flexibility index (Phi) is 50.9. The molecule has 6 heteroatoms. The van der Waals surface area contributed by atoms with Gasteiger partial charge < -0.3 is 14.2 Å². The fraction of sp³-hybridized carbons (Fsp3) is 0.746. The topological polar surface area (TPSA) is 78.9 Å². The molecule has 0 aromatic heterocycles. The first-order chi connectivity index (χ1) is 32.0. The molecule has 0 radical (unpaired) electrons. The lowest BCUT2D eigenvalue weighted by Crippen LogP contribution is -2.30. The summed E-state index contributed by atoms with van der Waals surface area (Å²) in [6.07, 6.45) is 67.4. The molecule has 0 aliphatic rings. The minimum Gasteiger partial charge on any atom is -0.462 e. The van der Waals surface area contributed by atoms with Crippen molar-refractivity contribution >= 4 is 17.9 Å². The highest BCUT2D eigenvalue weighted by molar-refractivity contribution is 5.71. The van der Waals surface area contributed by atoms with E-state index >= 15 is 0 Å². The first-order valence-electron chi connectivity index (χ1n) is 27.4. The number of hydrogen-bond acceptors (Lipinski definition) is 6. The number of hydrogen-bond donors (Lipinski definition) is 0. The molecule has 0 bridgehead atoms. The van der Waals surface area contributed by atoms with Gasteiger partial charge in [0, 0.05) is 19.3 Å². The number of allylic oxidation sites excluding steroid dienone is 12. The van der Waals surface area contributed by atoms with Gasteiger partial charge in [-0.25, -0.2) is 0 Å². The second-order valence-electron chi connectivity index (χ2n) is 18.1. The minimum atomic E-state index is -0.794. The summed E-state index contributed by atoms with van der Waals surface area (Å²) in [5, 5.41) is 0. The maximum atomic E-state index is 12.8. The Morgan fingerprint density at radius 2 is 0.554 bits per heavy atom. The minimum absolute atomic E-state index is 0.0910. The average Bonchev–Trinajstić information content (AvgIpc) is 3.30. The summed E-state index contributed by atoms with van der Waals surface area (Å²) in [6, 6.07) is 0. The summed E-state index contributed by atoms with van der Waals surface area (Å²) < 4.78 is 16.8. The second-order valence-corrected chi connectivity index (χ2v) is 18.1. The van der Waals surface area contributed by atoms with Crippen LogP contribution < -0.4 is 0 Å². The summed E-state index contributed by atoms with van der Waals surface area (Å²) in [4.78, 5) is 38.0. The molecule has 1 atom stereocenters. The van der Waals surface area contributed by atoms with Gasteiger partial charge in [-0.1, -0.05) is 203 Å². The highest BCUT2D eigenvalue weighted by Crippen LogP contribution is 2.14. The van der Waals surface area contributed by atoms with E-state index in [1.165, 1.54) is 128 Å². The first-order valence-corrected chi connectivity index (χ1v) is 27.4. The van der Waals surface area contributed by atoms with Crippen LogP contribution in [0.3, 0.4) is 0 Å². The maximum absolute atomic E-state index is 12.8. The summed E-state index contributed by atoms with van der Waals surface area (Å²) in [5.41, 5.74) is 0. The number of esters is 3. The highest BCUT2D eigenvalue weighted by Gasteiger charge is 2.19. The maximum Gasteiger partial charge on any atom is 0.306 e. The Morgan fingerprint density at radius 3 is 0.923 bits per heavy atom. The van der Waals surface area contributed by atoms with Gasteiger partial charge in [0.15, 0.2) is 6.10 Å². The van der Waals surface area contributed by atoms with E-state index in [2.05, 4.69) is 93.7 Å². The standard InChI is InChI=1S/C59H102O6/c1-4-7-10-13-16-19-22-25-27-28-29-30-32-35-37-40-43-46-49-52-58(61)64-55-56(65-59(62)53-50-47-44-41-38-33-24-21-18-15-12-9-6-3)54-63-57(60)51-48-45-42-39-36-34-31-26-23-20-17-14-11-8-5-2/h16,19-21,23-25,27,29-30,35,37,56H,4-15,17-18,22,26,28,31-34,36,38-55H2,1-3H3/b19-16-,23-20-,24-21-,27-25-,30-29-,37-35-/t56-/m0/s1. The lowest BCUT2D eigenvalue weighted by molar-refractivity contribution is -0.167. The zero-order chi connectivity index (χ0) is 47.2. The Morgan fingerprint density at radius 1 is 0.308 bits per heavy atom. The number of ether oxygens (including phenoxy) is 3. The zero-order valence-corrected chi connectivity index (χ0v) is 42.7. The molecule has 0 aromatic rings. The van der Waals surface area contributed by atoms with Gasteiger partial charge in [-0.05, 0) is 116 Å². The Hall–Kier alpha value is -3.15. The third-order valence-corrected chi connectivity index (χ3v) is 11.7. The molecule has 0 amide bonds. The summed E-state index contributed by atoms with van der Waals surface area (Å²) >= 11 is 0. The van der Waals surface area contributed by atoms with Crippen LogP contribution in [0.15, 0.2) is 72.9 Å². The van der Waals surface area contributed by atoms with Gasteiger partial charge >= 0.3 is 17.9 Å². The van der Waals surface area contributed by atoms with Crippen molar-refractivity contribution in [1.82, 2.24) is 0 Å². The molecular weight excluding hydrogens is 805 g/mol. The first kappa shape index (κ1) is 61.9. The van der Waals surface area contributed by atoms with Crippen LogP contribution >= 0.6 is 0 Å². The summed E-state index contributed by atoms with van der Waals surface area (Å²) in [5.74, 6) is -0.932. The predicted molar refractivity (Wildman–Crippen MR) is 279 cm³/mol. The molecule has 0 N–H and O–H groups in total. The fourth-order valence-corrected chi connectivity index (χ4v) is 7.47. The van der Waals surface area contributed by atoms with Crippen LogP contribution in [-0.2, 0) is 28.6 Å². The van der Waals surface area contributed by atoms with E-state index in [1.54, 1.807) is 0 Å². The number of carbonyl (C=O) groups is 3. The molecule has 0 aliphatic carbocycles. The van der Waals surface area contributed by atoms with E-state index < -0.39 is 6.10 Å². The second kappa shape index (κ2) is 53.5. The molecule has 0 unspecified atom stereocenters. The Balaban J connectivity index is 4.44. The number of carbonyl (C=O) groups excluding carboxylic acids is 3. The SMILES string of the molecule is CCCCC/C=C\C/C=C\C/C=C\C/C=C\CCCCCC(=O)OC[C@H](COC(=O)CCCCCCCCC/C=C\CCCCCC)OC(=O)CCCCCCC/C=C\CCCCCC. The monoisotopic (exact) mass is 907 g/mol. The van der Waals surface area contributed by atoms with Crippen LogP contribution in [0.25, 0.3) is 0 Å². The lowest BCUT2D eigenvalue weighted by Gasteiger charge is -2.18. The molecule has 0 heterocycles. The predicted octanol–water partition coefficient (Wildman–Crippen LogP) is 18.2. The quantitative estimate of drug-likeness (QED) is 0.0262. The number of rotatable bonds is 49. The van der Waals surface area contributed by atoms with Gasteiger partial charge in [-0.15, -0.1) is 0 Å². The number of unbranched alkanes of at least 4 members (excludes halogenated alkanes) is 26. The van der Waals surface area contributed by atoms with Gasteiger partial charge in [0.1, 0.15) is 13.2 Å². The molecular formula is C59H102O6. The Labute approximate surface area is 402 Å². The van der Waals surface area contributed by atoms with Crippen molar-refractivity contribution in [1.29, 1.82) is 0 Å². The van der Waals surface area contributed by atoms with E-state index in [4.69, 9.17) is 14.2 Å². The van der Waals surface area contributed by atoms with Crippen LogP contribution in [0.5, 0.6) is 0 Å². The van der Waals surface area contributed by atoms with E-state index in [-0.39, 0.29) is 31.1 Å². The average molecular weight is 907 g/mol. The Bertz CT molecular complexity index is 1230. The molecule has 0 aromatic carbocycles. The van der Waals surface area contributed by atoms with E-state index in [9.17, 15) is 14.4 Å². The largest absolute Gasteiger partial charge is 0.462 e. The zero-order valence-electron chi connectivity index (χ0n) is 42.7. The lowest BCUT2D eigenvalue weighted by atomic mass is 10.1. The molecule has 6 nitrogen and oxygen atoms in total. The van der Waals surface area contributed by atoms with Gasteiger partial charge in [-0.3, -0.25) is 14.4 Å². The third kappa shape index (κ3) is 51.7. The molecule has 65 heavy (non-hydrogen) atoms. The van der Waals surface area contributed by atoms with Crippen LogP contribution in [-0.4, -0.2) is 37.2 Å². The van der Waals surface area contributed by atoms with Gasteiger partial charge in [0.05, 0.1) is 0 Å². The van der Waals surface area contributed by atoms with Crippen LogP contribution in [0.4, 0.5) is 0 Å². The van der Waals surface area contributed by atoms with Crippen molar-refractivity contribution in [3.63, 3.8) is 0 Å². The van der Waals surface area contributed by atoms with Gasteiger partial charge in [0.25, 0.3) is 0 Å². The fourth-order valence-electron chi connectivity index (χ4n) is 7.47. The molecule has 0 saturated heterocycles. The van der Waals surface area contributed by atoms with Crippen LogP contribution in [0, 0.1) is 0 Å². The van der Waals surface area contributed by atoms with Gasteiger partial charge in [-0.2, -0.15) is 0 Å². The third-order valence-electron chi connectivity index (χ3n) is 11.7. The van der Waals surface area contributed by atoms with Crippen LogP contribution in [0.2, 0.25) is 0 Å². The van der Waals surface area contributed by atoms with Crippen molar-refractivity contribution in [2.24, 2.45) is 0 Å². The van der Waals surface area contributed by atoms with E-state index in [0.717, 1.165) is 96.3 Å². The molecule has 0 aliphatic heterocycles.